The second-order valence-corrected chi connectivity index (χ2v) is 6.35. The number of anilines is 2. The van der Waals surface area contributed by atoms with Crippen LogP contribution in [0.2, 0.25) is 0 Å². The summed E-state index contributed by atoms with van der Waals surface area (Å²) in [5, 5.41) is 5.43. The van der Waals surface area contributed by atoms with Gasteiger partial charge < -0.3 is 20.4 Å². The quantitative estimate of drug-likeness (QED) is 0.863. The number of urea groups is 1. The number of benzene rings is 1. The Bertz CT molecular complexity index is 776. The minimum atomic E-state index is -0.673. The second-order valence-electron chi connectivity index (χ2n) is 6.35. The summed E-state index contributed by atoms with van der Waals surface area (Å²) in [6.45, 7) is 3.99. The normalized spacial score (nSPS) is 15.2. The summed E-state index contributed by atoms with van der Waals surface area (Å²) in [7, 11) is 0. The van der Waals surface area contributed by atoms with Crippen LogP contribution in [-0.4, -0.2) is 54.0 Å². The van der Waals surface area contributed by atoms with Gasteiger partial charge >= 0.3 is 6.03 Å². The SMILES string of the molecule is CC(NC(=O)N1CCN(c2ccc(F)cc2)CC1)C(=O)Nc1cccnc1. The Hall–Kier alpha value is -3.16. The van der Waals surface area contributed by atoms with Crippen molar-refractivity contribution in [2.75, 3.05) is 36.4 Å². The standard InChI is InChI=1S/C19H22FN5O2/c1-14(18(26)23-16-3-2-8-21-13-16)22-19(27)25-11-9-24(10-12-25)17-6-4-15(20)5-7-17/h2-8,13-14H,9-12H2,1H3,(H,22,27)(H,23,26). The van der Waals surface area contributed by atoms with E-state index in [0.29, 0.717) is 31.9 Å². The second kappa shape index (κ2) is 8.48. The van der Waals surface area contributed by atoms with Crippen LogP contribution in [0, 0.1) is 5.82 Å². The maximum atomic E-state index is 13.0. The monoisotopic (exact) mass is 371 g/mol. The van der Waals surface area contributed by atoms with Gasteiger partial charge in [0, 0.05) is 38.1 Å². The molecule has 2 N–H and O–H groups in total. The van der Waals surface area contributed by atoms with E-state index in [1.165, 1.54) is 12.1 Å². The molecule has 0 radical (unpaired) electrons. The number of halogens is 1. The fourth-order valence-corrected chi connectivity index (χ4v) is 2.85. The minimum Gasteiger partial charge on any atom is -0.368 e. The number of amides is 3. The van der Waals surface area contributed by atoms with E-state index in [2.05, 4.69) is 20.5 Å². The van der Waals surface area contributed by atoms with E-state index in [1.807, 2.05) is 0 Å². The van der Waals surface area contributed by atoms with E-state index in [9.17, 15) is 14.0 Å². The van der Waals surface area contributed by atoms with E-state index in [0.717, 1.165) is 5.69 Å². The van der Waals surface area contributed by atoms with Gasteiger partial charge in [0.2, 0.25) is 5.91 Å². The van der Waals surface area contributed by atoms with Crippen LogP contribution in [0.4, 0.5) is 20.6 Å². The number of nitrogens with zero attached hydrogens (tertiary/aromatic N) is 3. The number of carbonyl (C=O) groups excluding carboxylic acids is 2. The topological polar surface area (TPSA) is 77.6 Å². The minimum absolute atomic E-state index is 0.268. The van der Waals surface area contributed by atoms with Gasteiger partial charge in [0.15, 0.2) is 0 Å². The molecular weight excluding hydrogens is 349 g/mol. The molecule has 1 aromatic carbocycles. The zero-order chi connectivity index (χ0) is 19.2. The summed E-state index contributed by atoms with van der Waals surface area (Å²) in [4.78, 5) is 32.3. The number of nitrogens with one attached hydrogen (secondary N) is 2. The van der Waals surface area contributed by atoms with E-state index >= 15 is 0 Å². The highest BCUT2D eigenvalue weighted by Crippen LogP contribution is 2.17. The van der Waals surface area contributed by atoms with Gasteiger partial charge in [0.1, 0.15) is 11.9 Å². The summed E-state index contributed by atoms with van der Waals surface area (Å²) >= 11 is 0. The average Bonchev–Trinajstić information content (AvgIpc) is 2.69. The van der Waals surface area contributed by atoms with Gasteiger partial charge in [0.25, 0.3) is 0 Å². The molecule has 3 rings (SSSR count). The molecule has 0 bridgehead atoms. The lowest BCUT2D eigenvalue weighted by molar-refractivity contribution is -0.117. The summed E-state index contributed by atoms with van der Waals surface area (Å²) in [6.07, 6.45) is 3.16. The molecule has 142 valence electrons. The van der Waals surface area contributed by atoms with E-state index < -0.39 is 6.04 Å². The molecule has 0 spiro atoms. The molecule has 1 aliphatic rings. The largest absolute Gasteiger partial charge is 0.368 e. The molecule has 2 aromatic rings. The lowest BCUT2D eigenvalue weighted by Gasteiger charge is -2.36. The van der Waals surface area contributed by atoms with Gasteiger partial charge in [-0.3, -0.25) is 9.78 Å². The Morgan fingerprint density at radius 2 is 1.81 bits per heavy atom. The van der Waals surface area contributed by atoms with Crippen molar-refractivity contribution in [2.45, 2.75) is 13.0 Å². The number of carbonyl (C=O) groups is 2. The van der Waals surface area contributed by atoms with Crippen LogP contribution in [0.15, 0.2) is 48.8 Å². The maximum absolute atomic E-state index is 13.0. The van der Waals surface area contributed by atoms with Crippen LogP contribution >= 0.6 is 0 Å². The predicted molar refractivity (Wildman–Crippen MR) is 101 cm³/mol. The fraction of sp³-hybridized carbons (Fsp3) is 0.316. The first-order valence-electron chi connectivity index (χ1n) is 8.80. The van der Waals surface area contributed by atoms with Crippen molar-refractivity contribution in [1.29, 1.82) is 0 Å². The van der Waals surface area contributed by atoms with E-state index in [-0.39, 0.29) is 17.8 Å². The highest BCUT2D eigenvalue weighted by Gasteiger charge is 2.24. The Kier molecular flexibility index (Phi) is 5.85. The van der Waals surface area contributed by atoms with Gasteiger partial charge in [-0.1, -0.05) is 0 Å². The highest BCUT2D eigenvalue weighted by molar-refractivity contribution is 5.96. The lowest BCUT2D eigenvalue weighted by atomic mass is 10.2. The Balaban J connectivity index is 1.47. The third-order valence-electron chi connectivity index (χ3n) is 4.42. The van der Waals surface area contributed by atoms with Gasteiger partial charge in [-0.25, -0.2) is 9.18 Å². The molecule has 1 atom stereocenters. The highest BCUT2D eigenvalue weighted by atomic mass is 19.1. The summed E-state index contributed by atoms with van der Waals surface area (Å²) < 4.78 is 13.0. The first-order valence-corrected chi connectivity index (χ1v) is 8.80. The van der Waals surface area contributed by atoms with Crippen molar-refractivity contribution in [3.8, 4) is 0 Å². The van der Waals surface area contributed by atoms with Gasteiger partial charge in [-0.2, -0.15) is 0 Å². The Labute approximate surface area is 157 Å². The molecule has 8 heteroatoms. The van der Waals surface area contributed by atoms with E-state index in [4.69, 9.17) is 0 Å². The zero-order valence-corrected chi connectivity index (χ0v) is 15.1. The molecule has 7 nitrogen and oxygen atoms in total. The van der Waals surface area contributed by atoms with Crippen LogP contribution in [0.25, 0.3) is 0 Å². The Morgan fingerprint density at radius 3 is 2.44 bits per heavy atom. The van der Waals surface area contributed by atoms with Crippen LogP contribution in [-0.2, 0) is 4.79 Å². The number of aromatic nitrogens is 1. The van der Waals surface area contributed by atoms with E-state index in [1.54, 1.807) is 48.5 Å². The molecule has 1 saturated heterocycles. The summed E-state index contributed by atoms with van der Waals surface area (Å²) in [6, 6.07) is 8.82. The third kappa shape index (κ3) is 4.93. The Morgan fingerprint density at radius 1 is 1.11 bits per heavy atom. The number of rotatable bonds is 4. The van der Waals surface area contributed by atoms with Crippen LogP contribution < -0.4 is 15.5 Å². The van der Waals surface area contributed by atoms with Gasteiger partial charge in [-0.05, 0) is 43.3 Å². The molecule has 1 aromatic heterocycles. The van der Waals surface area contributed by atoms with Crippen molar-refractivity contribution in [1.82, 2.24) is 15.2 Å². The molecular formula is C19H22FN5O2. The first kappa shape index (κ1) is 18.6. The smallest absolute Gasteiger partial charge is 0.318 e. The maximum Gasteiger partial charge on any atom is 0.318 e. The number of piperazine rings is 1. The number of hydrogen-bond donors (Lipinski definition) is 2. The zero-order valence-electron chi connectivity index (χ0n) is 15.1. The van der Waals surface area contributed by atoms with Crippen molar-refractivity contribution >= 4 is 23.3 Å². The van der Waals surface area contributed by atoms with Crippen LogP contribution in [0.5, 0.6) is 0 Å². The van der Waals surface area contributed by atoms with Gasteiger partial charge in [-0.15, -0.1) is 0 Å². The first-order chi connectivity index (χ1) is 13.0. The van der Waals surface area contributed by atoms with Crippen molar-refractivity contribution in [3.63, 3.8) is 0 Å². The molecule has 1 fully saturated rings. The average molecular weight is 371 g/mol. The molecule has 0 saturated carbocycles. The summed E-state index contributed by atoms with van der Waals surface area (Å²) in [5.74, 6) is -0.573. The predicted octanol–water partition coefficient (Wildman–Crippen LogP) is 2.08. The van der Waals surface area contributed by atoms with Crippen LogP contribution in [0.3, 0.4) is 0 Å². The number of pyridine rings is 1. The molecule has 2 heterocycles. The number of hydrogen-bond acceptors (Lipinski definition) is 4. The molecule has 1 aliphatic heterocycles. The molecule has 27 heavy (non-hydrogen) atoms. The van der Waals surface area contributed by atoms with Crippen molar-refractivity contribution in [2.24, 2.45) is 0 Å². The van der Waals surface area contributed by atoms with Crippen molar-refractivity contribution in [3.05, 3.63) is 54.6 Å². The van der Waals surface area contributed by atoms with Crippen LogP contribution in [0.1, 0.15) is 6.92 Å². The molecule has 0 aliphatic carbocycles. The molecule has 1 unspecified atom stereocenters. The van der Waals surface area contributed by atoms with Gasteiger partial charge in [0.05, 0.1) is 11.9 Å². The summed E-state index contributed by atoms with van der Waals surface area (Å²) in [5.41, 5.74) is 1.51. The molecule has 3 amide bonds. The fourth-order valence-electron chi connectivity index (χ4n) is 2.85. The third-order valence-corrected chi connectivity index (χ3v) is 4.42. The van der Waals surface area contributed by atoms with Crippen molar-refractivity contribution < 1.29 is 14.0 Å². The lowest BCUT2D eigenvalue weighted by Crippen LogP contribution is -2.54.